The summed E-state index contributed by atoms with van der Waals surface area (Å²) in [6.45, 7) is 0. The van der Waals surface area contributed by atoms with Crippen molar-refractivity contribution >= 4 is 21.7 Å². The molecule has 8 nitrogen and oxygen atoms in total. The molecule has 0 radical (unpaired) electrons. The van der Waals surface area contributed by atoms with Gasteiger partial charge in [-0.15, -0.1) is 0 Å². The van der Waals surface area contributed by atoms with Crippen LogP contribution in [0.1, 0.15) is 53.9 Å². The van der Waals surface area contributed by atoms with Crippen LogP contribution in [0.2, 0.25) is 0 Å². The fraction of sp³-hybridized carbons (Fsp3) is 0.304. The van der Waals surface area contributed by atoms with Gasteiger partial charge in [-0.2, -0.15) is 13.4 Å². The van der Waals surface area contributed by atoms with Crippen LogP contribution in [0.25, 0.3) is 11.5 Å². The molecule has 0 saturated heterocycles. The Morgan fingerprint density at radius 2 is 1.84 bits per heavy atom. The van der Waals surface area contributed by atoms with Crippen LogP contribution in [-0.2, 0) is 10.0 Å². The number of benzene rings is 2. The Hall–Kier alpha value is -3.33. The molecule has 1 saturated carbocycles. The number of carboxylic acids is 1. The second kappa shape index (κ2) is 9.04. The first kappa shape index (κ1) is 21.9. The summed E-state index contributed by atoms with van der Waals surface area (Å²) in [5.41, 5.74) is 2.05. The van der Waals surface area contributed by atoms with E-state index in [1.165, 1.54) is 63.0 Å². The average molecular weight is 457 g/mol. The van der Waals surface area contributed by atoms with Gasteiger partial charge in [0.1, 0.15) is 12.0 Å². The molecule has 3 aromatic rings. The van der Waals surface area contributed by atoms with E-state index in [0.29, 0.717) is 11.5 Å². The predicted octanol–water partition coefficient (Wildman–Crippen LogP) is 4.90. The van der Waals surface area contributed by atoms with Gasteiger partial charge in [0, 0.05) is 5.56 Å². The Bertz CT molecular complexity index is 1210. The summed E-state index contributed by atoms with van der Waals surface area (Å²) in [5, 5.41) is 8.81. The van der Waals surface area contributed by atoms with Crippen LogP contribution in [0.4, 0.5) is 5.69 Å². The average Bonchev–Trinajstić information content (AvgIpc) is 3.31. The number of nitrogens with one attached hydrogen (secondary N) is 1. The maximum absolute atomic E-state index is 12.8. The lowest BCUT2D eigenvalue weighted by molar-refractivity contribution is 0.0696. The van der Waals surface area contributed by atoms with Gasteiger partial charge >= 0.3 is 5.97 Å². The fourth-order valence-corrected chi connectivity index (χ4v) is 4.90. The number of carbonyl (C=O) groups is 1. The Kier molecular flexibility index (Phi) is 6.18. The van der Waals surface area contributed by atoms with Crippen LogP contribution in [-0.4, -0.2) is 31.6 Å². The number of aromatic carboxylic acids is 1. The van der Waals surface area contributed by atoms with E-state index in [9.17, 15) is 13.2 Å². The number of methoxy groups -OCH3 is 1. The van der Waals surface area contributed by atoms with E-state index in [2.05, 4.69) is 21.8 Å². The number of oxazole rings is 1. The van der Waals surface area contributed by atoms with Gasteiger partial charge in [0.25, 0.3) is 10.0 Å². The fourth-order valence-electron chi connectivity index (χ4n) is 3.95. The van der Waals surface area contributed by atoms with E-state index in [1.807, 2.05) is 12.1 Å². The minimum Gasteiger partial charge on any atom is -0.495 e. The molecule has 0 atom stereocenters. The molecule has 0 bridgehead atoms. The molecule has 9 heteroatoms. The highest BCUT2D eigenvalue weighted by Gasteiger charge is 2.23. The quantitative estimate of drug-likeness (QED) is 0.519. The number of nitrogens with zero attached hydrogens (tertiary/aromatic N) is 1. The molecule has 0 amide bonds. The number of aromatic nitrogens is 1. The zero-order valence-electron chi connectivity index (χ0n) is 17.6. The van der Waals surface area contributed by atoms with Crippen LogP contribution in [0, 0.1) is 0 Å². The van der Waals surface area contributed by atoms with Gasteiger partial charge in [-0.1, -0.05) is 31.4 Å². The molecule has 0 aliphatic heterocycles. The topological polar surface area (TPSA) is 119 Å². The van der Waals surface area contributed by atoms with E-state index in [4.69, 9.17) is 14.3 Å². The van der Waals surface area contributed by atoms with Gasteiger partial charge in [0.05, 0.1) is 18.4 Å². The minimum atomic E-state index is -4.07. The number of carboxylic acid groups (broad SMARTS) is 1. The maximum Gasteiger partial charge on any atom is 0.335 e. The second-order valence-corrected chi connectivity index (χ2v) is 9.40. The molecular weight excluding hydrogens is 432 g/mol. The SMILES string of the molecule is COc1cc(C(=O)O)ccc1NS(=O)(=O)c1coc(-c2ccc(C3CCCCC3)cc2)n1. The molecule has 0 unspecified atom stereocenters. The third-order valence-corrected chi connectivity index (χ3v) is 6.91. The summed E-state index contributed by atoms with van der Waals surface area (Å²) < 4.78 is 38.5. The van der Waals surface area contributed by atoms with Crippen LogP contribution in [0.15, 0.2) is 58.2 Å². The molecule has 0 spiro atoms. The zero-order chi connectivity index (χ0) is 22.7. The van der Waals surface area contributed by atoms with E-state index < -0.39 is 16.0 Å². The van der Waals surface area contributed by atoms with Gasteiger partial charge in [0.2, 0.25) is 10.9 Å². The highest BCUT2D eigenvalue weighted by molar-refractivity contribution is 7.92. The van der Waals surface area contributed by atoms with Crippen LogP contribution >= 0.6 is 0 Å². The van der Waals surface area contributed by atoms with E-state index in [0.717, 1.165) is 6.26 Å². The van der Waals surface area contributed by atoms with Crippen LogP contribution in [0.5, 0.6) is 5.75 Å². The largest absolute Gasteiger partial charge is 0.495 e. The number of sulfonamides is 1. The standard InChI is InChI=1S/C23H24N2O6S/c1-30-20-13-18(23(26)27)11-12-19(20)25-32(28,29)21-14-31-22(24-21)17-9-7-16(8-10-17)15-5-3-2-4-6-15/h7-15,25H,2-6H2,1H3,(H,26,27). The van der Waals surface area contributed by atoms with Crippen molar-refractivity contribution in [1.29, 1.82) is 0 Å². The summed E-state index contributed by atoms with van der Waals surface area (Å²) in [6.07, 6.45) is 7.28. The minimum absolute atomic E-state index is 0.0230. The van der Waals surface area contributed by atoms with Crippen LogP contribution < -0.4 is 9.46 Å². The van der Waals surface area contributed by atoms with Gasteiger partial charge < -0.3 is 14.3 Å². The first-order chi connectivity index (χ1) is 15.4. The number of hydrogen-bond donors (Lipinski definition) is 2. The molecular formula is C23H24N2O6S. The Morgan fingerprint density at radius 3 is 2.50 bits per heavy atom. The summed E-state index contributed by atoms with van der Waals surface area (Å²) in [6, 6.07) is 11.7. The smallest absolute Gasteiger partial charge is 0.335 e. The number of anilines is 1. The Labute approximate surface area is 186 Å². The first-order valence-electron chi connectivity index (χ1n) is 10.4. The third-order valence-electron chi connectivity index (χ3n) is 5.69. The van der Waals surface area contributed by atoms with Crippen molar-refractivity contribution in [2.24, 2.45) is 0 Å². The molecule has 2 aromatic carbocycles. The summed E-state index contributed by atoms with van der Waals surface area (Å²) >= 11 is 0. The van der Waals surface area contributed by atoms with Crippen molar-refractivity contribution in [2.75, 3.05) is 11.8 Å². The third kappa shape index (κ3) is 4.62. The second-order valence-electron chi connectivity index (χ2n) is 7.77. The van der Waals surface area contributed by atoms with Gasteiger partial charge in [0.15, 0.2) is 0 Å². The first-order valence-corrected chi connectivity index (χ1v) is 11.9. The van der Waals surface area contributed by atoms with Crippen molar-refractivity contribution in [3.63, 3.8) is 0 Å². The summed E-state index contributed by atoms with van der Waals surface area (Å²) in [5.74, 6) is -0.289. The van der Waals surface area contributed by atoms with Crippen molar-refractivity contribution in [1.82, 2.24) is 4.98 Å². The molecule has 1 fully saturated rings. The Balaban J connectivity index is 1.53. The molecule has 2 N–H and O–H groups in total. The van der Waals surface area contributed by atoms with Gasteiger partial charge in [-0.25, -0.2) is 4.79 Å². The van der Waals surface area contributed by atoms with Crippen molar-refractivity contribution in [3.8, 4) is 17.2 Å². The highest BCUT2D eigenvalue weighted by atomic mass is 32.2. The van der Waals surface area contributed by atoms with E-state index in [-0.39, 0.29) is 27.9 Å². The normalized spacial score (nSPS) is 14.8. The highest BCUT2D eigenvalue weighted by Crippen LogP contribution is 2.34. The number of ether oxygens (including phenoxy) is 1. The lowest BCUT2D eigenvalue weighted by atomic mass is 9.84. The van der Waals surface area contributed by atoms with E-state index >= 15 is 0 Å². The number of hydrogen-bond acceptors (Lipinski definition) is 6. The van der Waals surface area contributed by atoms with Gasteiger partial charge in [-0.3, -0.25) is 4.72 Å². The molecule has 4 rings (SSSR count). The summed E-state index contributed by atoms with van der Waals surface area (Å²) in [4.78, 5) is 15.3. The molecule has 1 aliphatic rings. The van der Waals surface area contributed by atoms with Gasteiger partial charge in [-0.05, 0) is 54.7 Å². The van der Waals surface area contributed by atoms with Crippen molar-refractivity contribution in [3.05, 3.63) is 59.9 Å². The molecule has 1 heterocycles. The molecule has 1 aliphatic carbocycles. The van der Waals surface area contributed by atoms with Crippen molar-refractivity contribution in [2.45, 2.75) is 43.0 Å². The monoisotopic (exact) mass is 456 g/mol. The lowest BCUT2D eigenvalue weighted by Gasteiger charge is -2.21. The molecule has 168 valence electrons. The Morgan fingerprint density at radius 1 is 1.12 bits per heavy atom. The maximum atomic E-state index is 12.8. The van der Waals surface area contributed by atoms with Crippen LogP contribution in [0.3, 0.4) is 0 Å². The number of rotatable bonds is 7. The lowest BCUT2D eigenvalue weighted by Crippen LogP contribution is -2.14. The predicted molar refractivity (Wildman–Crippen MR) is 119 cm³/mol. The molecule has 1 aromatic heterocycles. The zero-order valence-corrected chi connectivity index (χ0v) is 18.4. The van der Waals surface area contributed by atoms with E-state index in [1.54, 1.807) is 0 Å². The molecule has 32 heavy (non-hydrogen) atoms. The van der Waals surface area contributed by atoms with Crippen molar-refractivity contribution < 1.29 is 27.5 Å². The summed E-state index contributed by atoms with van der Waals surface area (Å²) in [7, 11) is -2.75.